The van der Waals surface area contributed by atoms with E-state index in [1.54, 1.807) is 60.7 Å². The van der Waals surface area contributed by atoms with Crippen LogP contribution >= 0.6 is 11.6 Å². The first-order chi connectivity index (χ1) is 16.8. The third-order valence-corrected chi connectivity index (χ3v) is 7.89. The highest BCUT2D eigenvalue weighted by Gasteiger charge is 2.75. The van der Waals surface area contributed by atoms with Gasteiger partial charge in [0.15, 0.2) is 0 Å². The van der Waals surface area contributed by atoms with E-state index in [0.29, 0.717) is 16.3 Å². The Bertz CT molecular complexity index is 1440. The fourth-order valence-corrected chi connectivity index (χ4v) is 5.96. The second-order valence-corrected chi connectivity index (χ2v) is 9.64. The molecule has 6 rings (SSSR count). The first-order valence-corrected chi connectivity index (χ1v) is 11.7. The second kappa shape index (κ2) is 7.44. The topological polar surface area (TPSA) is 80.8 Å². The maximum atomic E-state index is 14.0. The molecule has 0 radical (unpaired) electrons. The molecule has 3 aliphatic rings. The largest absolute Gasteiger partial charge is 0.349 e. The highest BCUT2D eigenvalue weighted by Crippen LogP contribution is 2.58. The van der Waals surface area contributed by atoms with Crippen molar-refractivity contribution in [2.45, 2.75) is 25.6 Å². The van der Waals surface area contributed by atoms with E-state index in [1.807, 2.05) is 19.9 Å². The SMILES string of the molecule is Cc1cccc(N2C(=O)C3C(c4ccccc4Cl)OC4(C(=O)c5ccccc5C4=O)C3C2=O)c1C. The molecule has 2 amide bonds. The Morgan fingerprint density at radius 3 is 2.09 bits per heavy atom. The normalized spacial score (nSPS) is 24.4. The van der Waals surface area contributed by atoms with Crippen LogP contribution in [0.25, 0.3) is 0 Å². The molecule has 0 N–H and O–H groups in total. The molecule has 2 aliphatic heterocycles. The van der Waals surface area contributed by atoms with Crippen LogP contribution < -0.4 is 4.90 Å². The number of nitrogens with zero attached hydrogens (tertiary/aromatic N) is 1. The van der Waals surface area contributed by atoms with Crippen LogP contribution in [-0.2, 0) is 14.3 Å². The third-order valence-electron chi connectivity index (χ3n) is 7.55. The number of benzene rings is 3. The Hall–Kier alpha value is -3.61. The first kappa shape index (κ1) is 21.9. The fraction of sp³-hybridized carbons (Fsp3) is 0.214. The maximum absolute atomic E-state index is 14.0. The maximum Gasteiger partial charge on any atom is 0.241 e. The standard InChI is InChI=1S/C28H20ClNO5/c1-14-8-7-13-20(15(14)2)30-26(33)21-22(27(30)34)28(35-23(21)18-11-5-6-12-19(18)29)24(31)16-9-3-4-10-17(16)25(28)32/h3-13,21-23H,1-2H3. The Morgan fingerprint density at radius 2 is 1.43 bits per heavy atom. The molecule has 3 aromatic carbocycles. The van der Waals surface area contributed by atoms with E-state index in [2.05, 4.69) is 0 Å². The van der Waals surface area contributed by atoms with Gasteiger partial charge in [0, 0.05) is 21.7 Å². The molecule has 1 aliphatic carbocycles. The van der Waals surface area contributed by atoms with Crippen molar-refractivity contribution in [2.24, 2.45) is 11.8 Å². The molecule has 3 atom stereocenters. The Labute approximate surface area is 206 Å². The quantitative estimate of drug-likeness (QED) is 0.390. The van der Waals surface area contributed by atoms with E-state index in [4.69, 9.17) is 16.3 Å². The zero-order valence-electron chi connectivity index (χ0n) is 18.9. The molecule has 3 aromatic rings. The van der Waals surface area contributed by atoms with Gasteiger partial charge in [-0.15, -0.1) is 0 Å². The number of imide groups is 1. The fourth-order valence-electron chi connectivity index (χ4n) is 5.72. The van der Waals surface area contributed by atoms with Gasteiger partial charge in [-0.25, -0.2) is 4.90 Å². The van der Waals surface area contributed by atoms with Gasteiger partial charge in [-0.05, 0) is 37.1 Å². The van der Waals surface area contributed by atoms with Gasteiger partial charge in [-0.1, -0.05) is 66.2 Å². The van der Waals surface area contributed by atoms with Gasteiger partial charge >= 0.3 is 0 Å². The number of ketones is 2. The lowest BCUT2D eigenvalue weighted by molar-refractivity contribution is -0.127. The predicted molar refractivity (Wildman–Crippen MR) is 129 cm³/mol. The molecule has 3 unspecified atom stereocenters. The van der Waals surface area contributed by atoms with Crippen LogP contribution in [0.2, 0.25) is 5.02 Å². The number of hydrogen-bond acceptors (Lipinski definition) is 5. The minimum Gasteiger partial charge on any atom is -0.349 e. The summed E-state index contributed by atoms with van der Waals surface area (Å²) in [5, 5.41) is 0.328. The number of rotatable bonds is 2. The third kappa shape index (κ3) is 2.69. The van der Waals surface area contributed by atoms with Crippen molar-refractivity contribution < 1.29 is 23.9 Å². The lowest BCUT2D eigenvalue weighted by Gasteiger charge is -2.28. The van der Waals surface area contributed by atoms with Gasteiger partial charge in [0.2, 0.25) is 29.0 Å². The molecule has 0 aromatic heterocycles. The number of Topliss-reactive ketones (excluding diaryl/α,β-unsaturated/α-hetero) is 2. The molecule has 6 nitrogen and oxygen atoms in total. The molecule has 0 saturated carbocycles. The number of fused-ring (bicyclic) bond motifs is 3. The van der Waals surface area contributed by atoms with Gasteiger partial charge in [-0.2, -0.15) is 0 Å². The number of amides is 2. The highest BCUT2D eigenvalue weighted by molar-refractivity contribution is 6.37. The van der Waals surface area contributed by atoms with Crippen LogP contribution in [0.1, 0.15) is 43.5 Å². The van der Waals surface area contributed by atoms with E-state index in [9.17, 15) is 19.2 Å². The summed E-state index contributed by atoms with van der Waals surface area (Å²) in [7, 11) is 0. The molecule has 35 heavy (non-hydrogen) atoms. The minimum atomic E-state index is -2.11. The summed E-state index contributed by atoms with van der Waals surface area (Å²) >= 11 is 6.48. The summed E-state index contributed by atoms with van der Waals surface area (Å²) in [6, 6.07) is 18.6. The summed E-state index contributed by atoms with van der Waals surface area (Å²) in [5.74, 6) is -4.68. The average molecular weight is 486 g/mol. The first-order valence-electron chi connectivity index (χ1n) is 11.3. The van der Waals surface area contributed by atoms with Crippen molar-refractivity contribution in [1.82, 2.24) is 0 Å². The van der Waals surface area contributed by atoms with Crippen molar-refractivity contribution in [3.8, 4) is 0 Å². The van der Waals surface area contributed by atoms with Crippen molar-refractivity contribution in [3.05, 3.63) is 99.6 Å². The van der Waals surface area contributed by atoms with E-state index < -0.39 is 46.9 Å². The number of carbonyl (C=O) groups excluding carboxylic acids is 4. The molecule has 2 heterocycles. The van der Waals surface area contributed by atoms with Crippen LogP contribution in [0.5, 0.6) is 0 Å². The van der Waals surface area contributed by atoms with Gasteiger partial charge < -0.3 is 4.74 Å². The Kier molecular flexibility index (Phi) is 4.66. The zero-order chi connectivity index (χ0) is 24.6. The number of hydrogen-bond donors (Lipinski definition) is 0. The lowest BCUT2D eigenvalue weighted by atomic mass is 9.77. The summed E-state index contributed by atoms with van der Waals surface area (Å²) in [5.41, 5.74) is 0.861. The number of ether oxygens (including phenoxy) is 1. The molecule has 2 saturated heterocycles. The number of anilines is 1. The number of halogens is 1. The molecule has 174 valence electrons. The second-order valence-electron chi connectivity index (χ2n) is 9.23. The monoisotopic (exact) mass is 485 g/mol. The van der Waals surface area contributed by atoms with Crippen LogP contribution in [0.4, 0.5) is 5.69 Å². The van der Waals surface area contributed by atoms with Crippen LogP contribution in [0, 0.1) is 25.7 Å². The summed E-state index contributed by atoms with van der Waals surface area (Å²) in [4.78, 5) is 56.7. The molecular weight excluding hydrogens is 466 g/mol. The van der Waals surface area contributed by atoms with Crippen molar-refractivity contribution in [3.63, 3.8) is 0 Å². The molecular formula is C28H20ClNO5. The minimum absolute atomic E-state index is 0.196. The Morgan fingerprint density at radius 1 is 0.800 bits per heavy atom. The summed E-state index contributed by atoms with van der Waals surface area (Å²) in [6.45, 7) is 3.72. The molecule has 1 spiro atoms. The van der Waals surface area contributed by atoms with Crippen molar-refractivity contribution in [1.29, 1.82) is 0 Å². The van der Waals surface area contributed by atoms with Crippen molar-refractivity contribution in [2.75, 3.05) is 4.90 Å². The predicted octanol–water partition coefficient (Wildman–Crippen LogP) is 4.65. The summed E-state index contributed by atoms with van der Waals surface area (Å²) < 4.78 is 6.28. The van der Waals surface area contributed by atoms with E-state index >= 15 is 0 Å². The zero-order valence-corrected chi connectivity index (χ0v) is 19.7. The van der Waals surface area contributed by atoms with Gasteiger partial charge in [0.05, 0.1) is 23.6 Å². The summed E-state index contributed by atoms with van der Waals surface area (Å²) in [6.07, 6.45) is -1.04. The molecule has 0 bridgehead atoms. The van der Waals surface area contributed by atoms with Gasteiger partial charge in [0.25, 0.3) is 0 Å². The Balaban J connectivity index is 1.58. The van der Waals surface area contributed by atoms with Crippen LogP contribution in [0.3, 0.4) is 0 Å². The number of aryl methyl sites for hydroxylation is 1. The van der Waals surface area contributed by atoms with E-state index in [0.717, 1.165) is 16.0 Å². The molecule has 7 heteroatoms. The smallest absolute Gasteiger partial charge is 0.241 e. The lowest BCUT2D eigenvalue weighted by Crippen LogP contribution is -2.51. The van der Waals surface area contributed by atoms with E-state index in [-0.39, 0.29) is 11.1 Å². The van der Waals surface area contributed by atoms with E-state index in [1.165, 1.54) is 0 Å². The highest BCUT2D eigenvalue weighted by atomic mass is 35.5. The average Bonchev–Trinajstić information content (AvgIpc) is 3.41. The number of carbonyl (C=O) groups is 4. The van der Waals surface area contributed by atoms with Crippen molar-refractivity contribution >= 4 is 40.7 Å². The van der Waals surface area contributed by atoms with Crippen LogP contribution in [0.15, 0.2) is 66.7 Å². The van der Waals surface area contributed by atoms with Gasteiger partial charge in [0.1, 0.15) is 0 Å². The van der Waals surface area contributed by atoms with Crippen LogP contribution in [-0.4, -0.2) is 29.0 Å². The van der Waals surface area contributed by atoms with Gasteiger partial charge in [-0.3, -0.25) is 19.2 Å². The molecule has 2 fully saturated rings.